The molecule has 3 nitrogen and oxygen atoms in total. The Kier molecular flexibility index (Phi) is 5.55. The van der Waals surface area contributed by atoms with Crippen molar-refractivity contribution < 1.29 is 13.2 Å². The normalized spacial score (nSPS) is 12.1. The minimum absolute atomic E-state index is 0.201. The van der Waals surface area contributed by atoms with Crippen LogP contribution < -0.4 is 5.73 Å². The molecule has 1 aromatic carbocycles. The molecule has 0 amide bonds. The Labute approximate surface area is 131 Å². The number of aromatic nitrogens is 1. The van der Waals surface area contributed by atoms with Crippen LogP contribution in [0.3, 0.4) is 0 Å². The largest absolute Gasteiger partial charge is 0.434 e. The van der Waals surface area contributed by atoms with Crippen LogP contribution >= 0.6 is 11.3 Å². The highest BCUT2D eigenvalue weighted by molar-refractivity contribution is 7.11. The van der Waals surface area contributed by atoms with Gasteiger partial charge in [0.2, 0.25) is 0 Å². The molecule has 2 N–H and O–H groups in total. The Hall–Kier alpha value is -1.44. The summed E-state index contributed by atoms with van der Waals surface area (Å²) in [5, 5.41) is 0.426. The quantitative estimate of drug-likeness (QED) is 0.883. The number of halogens is 3. The van der Waals surface area contributed by atoms with Crippen LogP contribution in [0, 0.1) is 6.92 Å². The van der Waals surface area contributed by atoms with Gasteiger partial charge in [-0.1, -0.05) is 30.3 Å². The third-order valence-electron chi connectivity index (χ3n) is 3.13. The molecule has 0 aliphatic heterocycles. The fourth-order valence-corrected chi connectivity index (χ4v) is 3.24. The molecule has 120 valence electrons. The number of nitrogens with two attached hydrogens (primary N) is 1. The topological polar surface area (TPSA) is 42.2 Å². The smallest absolute Gasteiger partial charge is 0.329 e. The van der Waals surface area contributed by atoms with E-state index in [1.807, 2.05) is 35.2 Å². The van der Waals surface area contributed by atoms with E-state index in [0.717, 1.165) is 16.9 Å². The number of benzene rings is 1. The van der Waals surface area contributed by atoms with E-state index in [1.165, 1.54) is 0 Å². The van der Waals surface area contributed by atoms with E-state index in [9.17, 15) is 13.2 Å². The van der Waals surface area contributed by atoms with Crippen molar-refractivity contribution in [3.8, 4) is 0 Å². The van der Waals surface area contributed by atoms with Crippen LogP contribution in [0.2, 0.25) is 0 Å². The molecule has 0 fully saturated rings. The fourth-order valence-electron chi connectivity index (χ4n) is 2.24. The highest BCUT2D eigenvalue weighted by Crippen LogP contribution is 2.34. The monoisotopic (exact) mass is 329 g/mol. The molecule has 0 saturated carbocycles. The van der Waals surface area contributed by atoms with Crippen LogP contribution in [0.5, 0.6) is 0 Å². The van der Waals surface area contributed by atoms with E-state index in [4.69, 9.17) is 5.73 Å². The first-order chi connectivity index (χ1) is 10.4. The van der Waals surface area contributed by atoms with Crippen molar-refractivity contribution in [1.82, 2.24) is 9.88 Å². The third kappa shape index (κ3) is 4.53. The van der Waals surface area contributed by atoms with Crippen LogP contribution in [0.4, 0.5) is 13.2 Å². The lowest BCUT2D eigenvalue weighted by molar-refractivity contribution is -0.141. The van der Waals surface area contributed by atoms with Gasteiger partial charge in [-0.25, -0.2) is 4.98 Å². The molecule has 0 saturated heterocycles. The van der Waals surface area contributed by atoms with Crippen molar-refractivity contribution >= 4 is 11.3 Å². The number of rotatable bonds is 6. The average Bonchev–Trinajstić information content (AvgIpc) is 2.81. The molecule has 0 aliphatic carbocycles. The standard InChI is InChI=1S/C15H18F3N3S/c1-11-20-14(15(16,17)18)13(22-11)10-21(8-7-19)9-12-5-3-2-4-6-12/h2-6H,7-10,19H2,1H3. The van der Waals surface area contributed by atoms with E-state index in [2.05, 4.69) is 4.98 Å². The second-order valence-electron chi connectivity index (χ2n) is 4.99. The SMILES string of the molecule is Cc1nc(C(F)(F)F)c(CN(CCN)Cc2ccccc2)s1. The maximum atomic E-state index is 13.0. The van der Waals surface area contributed by atoms with E-state index in [-0.39, 0.29) is 11.4 Å². The van der Waals surface area contributed by atoms with Crippen molar-refractivity contribution in [2.24, 2.45) is 5.73 Å². The van der Waals surface area contributed by atoms with Gasteiger partial charge in [0.15, 0.2) is 5.69 Å². The highest BCUT2D eigenvalue weighted by atomic mass is 32.1. The zero-order chi connectivity index (χ0) is 16.2. The Balaban J connectivity index is 2.18. The van der Waals surface area contributed by atoms with E-state index >= 15 is 0 Å². The molecule has 1 heterocycles. The number of hydrogen-bond donors (Lipinski definition) is 1. The van der Waals surface area contributed by atoms with Gasteiger partial charge in [0.25, 0.3) is 0 Å². The first-order valence-electron chi connectivity index (χ1n) is 6.90. The summed E-state index contributed by atoms with van der Waals surface area (Å²) >= 11 is 1.09. The van der Waals surface area contributed by atoms with Gasteiger partial charge in [0.05, 0.1) is 9.88 Å². The van der Waals surface area contributed by atoms with Crippen LogP contribution in [0.25, 0.3) is 0 Å². The van der Waals surface area contributed by atoms with Gasteiger partial charge in [0.1, 0.15) is 0 Å². The summed E-state index contributed by atoms with van der Waals surface area (Å²) in [5.41, 5.74) is 5.86. The number of thiazole rings is 1. The minimum atomic E-state index is -4.42. The molecular formula is C15H18F3N3S. The summed E-state index contributed by atoms with van der Waals surface area (Å²) in [5.74, 6) is 0. The Morgan fingerprint density at radius 2 is 1.86 bits per heavy atom. The minimum Gasteiger partial charge on any atom is -0.329 e. The molecular weight excluding hydrogens is 311 g/mol. The number of nitrogens with zero attached hydrogens (tertiary/aromatic N) is 2. The zero-order valence-corrected chi connectivity index (χ0v) is 13.0. The van der Waals surface area contributed by atoms with Gasteiger partial charge in [0, 0.05) is 26.2 Å². The van der Waals surface area contributed by atoms with Crippen molar-refractivity contribution in [3.05, 3.63) is 51.5 Å². The summed E-state index contributed by atoms with van der Waals surface area (Å²) < 4.78 is 39.1. The Bertz CT molecular complexity index is 596. The number of hydrogen-bond acceptors (Lipinski definition) is 4. The molecule has 0 radical (unpaired) electrons. The van der Waals surface area contributed by atoms with Crippen molar-refractivity contribution in [1.29, 1.82) is 0 Å². The molecule has 2 rings (SSSR count). The van der Waals surface area contributed by atoms with Crippen LogP contribution in [-0.2, 0) is 19.3 Å². The van der Waals surface area contributed by atoms with Gasteiger partial charge in [-0.15, -0.1) is 11.3 Å². The molecule has 0 bridgehead atoms. The molecule has 0 atom stereocenters. The van der Waals surface area contributed by atoms with Crippen LogP contribution in [0.1, 0.15) is 21.1 Å². The Morgan fingerprint density at radius 3 is 2.45 bits per heavy atom. The predicted octanol–water partition coefficient (Wildman–Crippen LogP) is 3.43. The van der Waals surface area contributed by atoms with E-state index in [0.29, 0.717) is 24.6 Å². The van der Waals surface area contributed by atoms with Crippen LogP contribution in [-0.4, -0.2) is 23.0 Å². The summed E-state index contributed by atoms with van der Waals surface area (Å²) in [6.07, 6.45) is -4.42. The molecule has 0 spiro atoms. The highest BCUT2D eigenvalue weighted by Gasteiger charge is 2.37. The van der Waals surface area contributed by atoms with Gasteiger partial charge in [-0.2, -0.15) is 13.2 Å². The molecule has 22 heavy (non-hydrogen) atoms. The molecule has 1 aromatic heterocycles. The lowest BCUT2D eigenvalue weighted by Gasteiger charge is -2.21. The molecule has 2 aromatic rings. The second-order valence-corrected chi connectivity index (χ2v) is 6.28. The lowest BCUT2D eigenvalue weighted by Crippen LogP contribution is -2.29. The van der Waals surface area contributed by atoms with Gasteiger partial charge in [-0.3, -0.25) is 4.90 Å². The van der Waals surface area contributed by atoms with Crippen molar-refractivity contribution in [2.45, 2.75) is 26.2 Å². The second kappa shape index (κ2) is 7.21. The fraction of sp³-hybridized carbons (Fsp3) is 0.400. The molecule has 0 aliphatic rings. The third-order valence-corrected chi connectivity index (χ3v) is 4.09. The van der Waals surface area contributed by atoms with Gasteiger partial charge < -0.3 is 5.73 Å². The summed E-state index contributed by atoms with van der Waals surface area (Å²) in [6.45, 7) is 3.28. The predicted molar refractivity (Wildman–Crippen MR) is 81.5 cm³/mol. The summed E-state index contributed by atoms with van der Waals surface area (Å²) in [6, 6.07) is 9.63. The maximum absolute atomic E-state index is 13.0. The van der Waals surface area contributed by atoms with Crippen molar-refractivity contribution in [3.63, 3.8) is 0 Å². The number of aryl methyl sites for hydroxylation is 1. The molecule has 0 unspecified atom stereocenters. The van der Waals surface area contributed by atoms with E-state index in [1.54, 1.807) is 6.92 Å². The maximum Gasteiger partial charge on any atom is 0.434 e. The van der Waals surface area contributed by atoms with Gasteiger partial charge in [-0.05, 0) is 12.5 Å². The average molecular weight is 329 g/mol. The molecule has 7 heteroatoms. The zero-order valence-electron chi connectivity index (χ0n) is 12.2. The first kappa shape index (κ1) is 16.9. The summed E-state index contributed by atoms with van der Waals surface area (Å²) in [4.78, 5) is 5.80. The summed E-state index contributed by atoms with van der Waals surface area (Å²) in [7, 11) is 0. The lowest BCUT2D eigenvalue weighted by atomic mass is 10.2. The van der Waals surface area contributed by atoms with E-state index < -0.39 is 11.9 Å². The first-order valence-corrected chi connectivity index (χ1v) is 7.71. The van der Waals surface area contributed by atoms with Crippen LogP contribution in [0.15, 0.2) is 30.3 Å². The van der Waals surface area contributed by atoms with Gasteiger partial charge >= 0.3 is 6.18 Å². The van der Waals surface area contributed by atoms with Crippen molar-refractivity contribution in [2.75, 3.05) is 13.1 Å². The Morgan fingerprint density at radius 1 is 1.18 bits per heavy atom. The number of alkyl halides is 3.